The molecule has 0 atom stereocenters. The van der Waals surface area contributed by atoms with Crippen molar-refractivity contribution in [3.8, 4) is 0 Å². The number of rotatable bonds is 3. The summed E-state index contributed by atoms with van der Waals surface area (Å²) in [6.45, 7) is 0. The van der Waals surface area contributed by atoms with Crippen molar-refractivity contribution in [2.45, 2.75) is 0 Å². The number of hydrogen-bond acceptors (Lipinski definition) is 5. The third kappa shape index (κ3) is 6.24. The summed E-state index contributed by atoms with van der Waals surface area (Å²) in [5.41, 5.74) is 17.4. The number of hydrazone groups is 1. The number of nitrogens with zero attached hydrogens (tertiary/aromatic N) is 3. The van der Waals surface area contributed by atoms with Gasteiger partial charge in [-0.1, -0.05) is 24.3 Å². The molecule has 0 amide bonds. The standard InChI is InChI=1S/C10H14N8O2.BrH/c11-9(12)17(19)15-5-7-1-2-8(4-3-7)6-16-18(20)10(13)14;/h1-6,15H,11-12H2,(H3,13,14);1H/p-1. The quantitative estimate of drug-likeness (QED) is 0.0897. The van der Waals surface area contributed by atoms with Gasteiger partial charge in [-0.2, -0.15) is 4.85 Å². The molecule has 0 aliphatic rings. The topological polar surface area (TPSA) is 178 Å². The summed E-state index contributed by atoms with van der Waals surface area (Å²) in [5, 5.41) is 33.5. The van der Waals surface area contributed by atoms with Crippen molar-refractivity contribution >= 4 is 24.3 Å². The molecule has 1 rings (SSSR count). The monoisotopic (exact) mass is 357 g/mol. The highest BCUT2D eigenvalue weighted by Gasteiger charge is 1.91. The number of hydrazine groups is 1. The molecule has 11 heteroatoms. The normalized spacial score (nSPS) is 10.0. The summed E-state index contributed by atoms with van der Waals surface area (Å²) in [5.74, 6) is -1.12. The van der Waals surface area contributed by atoms with Gasteiger partial charge in [-0.3, -0.25) is 22.6 Å². The van der Waals surface area contributed by atoms with Crippen LogP contribution in [-0.2, 0) is 0 Å². The first kappa shape index (κ1) is 18.2. The molecule has 0 fully saturated rings. The number of guanidine groups is 2. The lowest BCUT2D eigenvalue weighted by molar-refractivity contribution is -0.507. The fourth-order valence-corrected chi connectivity index (χ4v) is 1.07. The van der Waals surface area contributed by atoms with Gasteiger partial charge in [0, 0.05) is 6.20 Å². The van der Waals surface area contributed by atoms with Crippen molar-refractivity contribution < 1.29 is 26.7 Å². The lowest BCUT2D eigenvalue weighted by Crippen LogP contribution is -3.00. The highest BCUT2D eigenvalue weighted by atomic mass is 79.9. The lowest BCUT2D eigenvalue weighted by atomic mass is 10.3. The molecule has 0 saturated carbocycles. The first-order valence-corrected chi connectivity index (χ1v) is 5.30. The molecular formula is C10H14BrN8O2-. The molecule has 0 spiro atoms. The Labute approximate surface area is 130 Å². The SMILES string of the molecule is N=C(N)[N+]([O-])=NC=c1ccc(=CN[N+]([O-])=C(N)N)cc1.[Br-]. The molecule has 21 heavy (non-hydrogen) atoms. The highest BCUT2D eigenvalue weighted by Crippen LogP contribution is 1.77. The molecule has 0 unspecified atom stereocenters. The van der Waals surface area contributed by atoms with Crippen LogP contribution in [0.25, 0.3) is 12.4 Å². The Kier molecular flexibility index (Phi) is 7.25. The van der Waals surface area contributed by atoms with Crippen LogP contribution in [0.1, 0.15) is 0 Å². The van der Waals surface area contributed by atoms with Crippen molar-refractivity contribution in [2.24, 2.45) is 22.3 Å². The smallest absolute Gasteiger partial charge is 0.402 e. The van der Waals surface area contributed by atoms with Crippen LogP contribution in [0.3, 0.4) is 0 Å². The van der Waals surface area contributed by atoms with E-state index in [1.165, 1.54) is 12.4 Å². The van der Waals surface area contributed by atoms with E-state index in [1.54, 1.807) is 24.3 Å². The number of halogens is 1. The zero-order chi connectivity index (χ0) is 15.1. The van der Waals surface area contributed by atoms with E-state index in [1.807, 2.05) is 0 Å². The lowest BCUT2D eigenvalue weighted by Gasteiger charge is -2.09. The third-order valence-electron chi connectivity index (χ3n) is 2.04. The molecule has 114 valence electrons. The Morgan fingerprint density at radius 1 is 1.14 bits per heavy atom. The summed E-state index contributed by atoms with van der Waals surface area (Å²) >= 11 is 0. The highest BCUT2D eigenvalue weighted by molar-refractivity contribution is 5.70. The largest absolute Gasteiger partial charge is 1.00 e. The van der Waals surface area contributed by atoms with Crippen LogP contribution < -0.4 is 50.0 Å². The van der Waals surface area contributed by atoms with Crippen LogP contribution in [0.5, 0.6) is 0 Å². The van der Waals surface area contributed by atoms with Gasteiger partial charge in [0.1, 0.15) is 0 Å². The van der Waals surface area contributed by atoms with Crippen LogP contribution in [0, 0.1) is 15.8 Å². The number of benzene rings is 1. The maximum atomic E-state index is 11.0. The summed E-state index contributed by atoms with van der Waals surface area (Å²) in [7, 11) is 0. The van der Waals surface area contributed by atoms with Crippen molar-refractivity contribution in [2.75, 3.05) is 0 Å². The van der Waals surface area contributed by atoms with Crippen molar-refractivity contribution in [3.63, 3.8) is 0 Å². The predicted molar refractivity (Wildman–Crippen MR) is 72.7 cm³/mol. The molecule has 0 aliphatic heterocycles. The van der Waals surface area contributed by atoms with E-state index in [-0.39, 0.29) is 26.7 Å². The van der Waals surface area contributed by atoms with Crippen LogP contribution in [0.4, 0.5) is 0 Å². The molecule has 8 N–H and O–H groups in total. The average Bonchev–Trinajstić information content (AvgIpc) is 2.42. The minimum atomic E-state index is -0.707. The Hall–Kier alpha value is -2.82. The summed E-state index contributed by atoms with van der Waals surface area (Å²) in [6.07, 6.45) is 2.64. The number of hydrogen-bond donors (Lipinski definition) is 5. The van der Waals surface area contributed by atoms with Crippen LogP contribution in [0.2, 0.25) is 0 Å². The number of nitrogens with two attached hydrogens (primary N) is 3. The Morgan fingerprint density at radius 2 is 1.67 bits per heavy atom. The van der Waals surface area contributed by atoms with Gasteiger partial charge in [-0.25, -0.2) is 0 Å². The van der Waals surface area contributed by atoms with Gasteiger partial charge < -0.3 is 27.4 Å². The number of azo groups is 1. The van der Waals surface area contributed by atoms with E-state index < -0.39 is 11.9 Å². The van der Waals surface area contributed by atoms with Crippen molar-refractivity contribution in [1.29, 1.82) is 5.41 Å². The maximum absolute atomic E-state index is 11.0. The van der Waals surface area contributed by atoms with E-state index >= 15 is 0 Å². The summed E-state index contributed by atoms with van der Waals surface area (Å²) in [6, 6.07) is 6.63. The van der Waals surface area contributed by atoms with Gasteiger partial charge in [-0.15, -0.1) is 15.4 Å². The van der Waals surface area contributed by atoms with Gasteiger partial charge in [0.05, 0.1) is 6.20 Å². The molecule has 1 aromatic carbocycles. The molecule has 0 bridgehead atoms. The fourth-order valence-electron chi connectivity index (χ4n) is 1.07. The first-order valence-electron chi connectivity index (χ1n) is 5.30. The van der Waals surface area contributed by atoms with Crippen molar-refractivity contribution in [3.05, 3.63) is 45.1 Å². The number of hydroxylamine groups is 1. The molecule has 0 saturated heterocycles. The predicted octanol–water partition coefficient (Wildman–Crippen LogP) is -5.69. The molecule has 10 nitrogen and oxygen atoms in total. The van der Waals surface area contributed by atoms with E-state index in [9.17, 15) is 10.4 Å². The van der Waals surface area contributed by atoms with Gasteiger partial charge in [0.15, 0.2) is 0 Å². The van der Waals surface area contributed by atoms with E-state index in [4.69, 9.17) is 22.6 Å². The van der Waals surface area contributed by atoms with Crippen LogP contribution in [0.15, 0.2) is 29.4 Å². The van der Waals surface area contributed by atoms with E-state index in [2.05, 4.69) is 10.5 Å². The second-order valence-corrected chi connectivity index (χ2v) is 3.56. The van der Waals surface area contributed by atoms with Crippen molar-refractivity contribution in [1.82, 2.24) is 5.43 Å². The number of nitrogens with one attached hydrogen (secondary N) is 2. The zero-order valence-electron chi connectivity index (χ0n) is 10.7. The van der Waals surface area contributed by atoms with Gasteiger partial charge in [0.25, 0.3) is 0 Å². The zero-order valence-corrected chi connectivity index (χ0v) is 12.3. The molecule has 0 radical (unpaired) electrons. The molecule has 0 aromatic heterocycles. The second-order valence-electron chi connectivity index (χ2n) is 3.56. The van der Waals surface area contributed by atoms with Crippen LogP contribution in [-0.4, -0.2) is 21.6 Å². The molecule has 0 heterocycles. The van der Waals surface area contributed by atoms with E-state index in [0.29, 0.717) is 10.4 Å². The summed E-state index contributed by atoms with van der Waals surface area (Å²) in [4.78, 5) is 0.189. The Balaban J connectivity index is 0.00000400. The summed E-state index contributed by atoms with van der Waals surface area (Å²) < 4.78 is 0. The Bertz CT molecular complexity index is 657. The Morgan fingerprint density at radius 3 is 2.14 bits per heavy atom. The molecule has 0 aliphatic carbocycles. The maximum Gasteiger partial charge on any atom is 0.402 e. The minimum Gasteiger partial charge on any atom is -1.00 e. The average molecular weight is 358 g/mol. The second kappa shape index (κ2) is 8.37. The molecular weight excluding hydrogens is 344 g/mol. The van der Waals surface area contributed by atoms with Gasteiger partial charge in [-0.05, 0) is 10.4 Å². The van der Waals surface area contributed by atoms with Gasteiger partial charge >= 0.3 is 11.9 Å². The fraction of sp³-hybridized carbons (Fsp3) is 0. The molecule has 1 aromatic rings. The minimum absolute atomic E-state index is 0. The van der Waals surface area contributed by atoms with Gasteiger partial charge in [0.2, 0.25) is 0 Å². The van der Waals surface area contributed by atoms with E-state index in [0.717, 1.165) is 0 Å². The third-order valence-corrected chi connectivity index (χ3v) is 2.04. The van der Waals surface area contributed by atoms with Crippen LogP contribution >= 0.6 is 0 Å². The first-order chi connectivity index (χ1) is 9.40.